The molecular weight excluding hydrogens is 504 g/mol. The highest BCUT2D eigenvalue weighted by atomic mass is 35.5. The van der Waals surface area contributed by atoms with Crippen LogP contribution in [0.3, 0.4) is 0 Å². The molecule has 0 spiro atoms. The minimum atomic E-state index is -0.376. The quantitative estimate of drug-likeness (QED) is 0.415. The van der Waals surface area contributed by atoms with Gasteiger partial charge in [0.05, 0.1) is 40.3 Å². The predicted octanol–water partition coefficient (Wildman–Crippen LogP) is 3.12. The van der Waals surface area contributed by atoms with Gasteiger partial charge in [0.1, 0.15) is 6.07 Å². The van der Waals surface area contributed by atoms with Gasteiger partial charge < -0.3 is 20.6 Å². The largest absolute Gasteiger partial charge is 0.392 e. The van der Waals surface area contributed by atoms with Crippen LogP contribution in [0.25, 0.3) is 5.65 Å². The van der Waals surface area contributed by atoms with E-state index in [0.717, 1.165) is 51.0 Å². The number of imidazole rings is 1. The first-order valence-corrected chi connectivity index (χ1v) is 13.4. The molecule has 2 aliphatic heterocycles. The number of benzene rings is 1. The fraction of sp³-hybridized carbons (Fsp3) is 0.500. The number of nitrogens with one attached hydrogen (secondary N) is 2. The zero-order valence-corrected chi connectivity index (χ0v) is 21.9. The fourth-order valence-corrected chi connectivity index (χ4v) is 5.93. The number of hydrogen-bond acceptors (Lipinski definition) is 10. The number of halogens is 1. The summed E-state index contributed by atoms with van der Waals surface area (Å²) in [6, 6.07) is 8.54. The van der Waals surface area contributed by atoms with Gasteiger partial charge in [-0.3, -0.25) is 4.90 Å². The summed E-state index contributed by atoms with van der Waals surface area (Å²) in [5.41, 5.74) is 2.55. The van der Waals surface area contributed by atoms with Crippen LogP contribution in [0.1, 0.15) is 43.9 Å². The molecule has 0 radical (unpaired) electrons. The van der Waals surface area contributed by atoms with E-state index in [4.69, 9.17) is 11.6 Å². The maximum Gasteiger partial charge on any atom is 0.247 e. The average Bonchev–Trinajstić information content (AvgIpc) is 3.49. The van der Waals surface area contributed by atoms with Crippen molar-refractivity contribution in [3.8, 4) is 12.1 Å². The molecule has 2 aromatic heterocycles. The second-order valence-corrected chi connectivity index (χ2v) is 10.9. The van der Waals surface area contributed by atoms with Gasteiger partial charge in [0.15, 0.2) is 17.2 Å². The lowest BCUT2D eigenvalue weighted by Crippen LogP contribution is -2.49. The van der Waals surface area contributed by atoms with Crippen molar-refractivity contribution in [1.29, 1.82) is 10.5 Å². The lowest BCUT2D eigenvalue weighted by Gasteiger charge is -2.40. The number of rotatable bonds is 7. The Morgan fingerprint density at radius 2 is 2.00 bits per heavy atom. The highest BCUT2D eigenvalue weighted by Crippen LogP contribution is 2.40. The Morgan fingerprint density at radius 1 is 1.18 bits per heavy atom. The monoisotopic (exact) mass is 532 g/mol. The number of piperidine rings is 1. The Balaban J connectivity index is 1.32. The SMILES string of the molecule is CC(O)CN1CCC2CCN(c3cc(C#N)cc(Nc4nc(NC5CC5)c5ncc(C#N)n5n4)c3Cl)CC21. The van der Waals surface area contributed by atoms with Crippen LogP contribution in [0, 0.1) is 28.6 Å². The van der Waals surface area contributed by atoms with E-state index in [1.54, 1.807) is 6.07 Å². The highest BCUT2D eigenvalue weighted by Gasteiger charge is 2.39. The minimum Gasteiger partial charge on any atom is -0.392 e. The third-order valence-corrected chi connectivity index (χ3v) is 8.04. The van der Waals surface area contributed by atoms with Gasteiger partial charge in [-0.05, 0) is 57.2 Å². The molecule has 38 heavy (non-hydrogen) atoms. The lowest BCUT2D eigenvalue weighted by molar-refractivity contribution is 0.109. The van der Waals surface area contributed by atoms with Crippen molar-refractivity contribution < 1.29 is 5.11 Å². The zero-order valence-electron chi connectivity index (χ0n) is 21.1. The van der Waals surface area contributed by atoms with Crippen molar-refractivity contribution in [2.75, 3.05) is 41.7 Å². The number of nitrogens with zero attached hydrogens (tertiary/aromatic N) is 8. The summed E-state index contributed by atoms with van der Waals surface area (Å²) in [4.78, 5) is 13.6. The number of aliphatic hydroxyl groups excluding tert-OH is 1. The van der Waals surface area contributed by atoms with Gasteiger partial charge in [-0.25, -0.2) is 4.98 Å². The summed E-state index contributed by atoms with van der Waals surface area (Å²) < 4.78 is 1.46. The van der Waals surface area contributed by atoms with E-state index in [2.05, 4.69) is 47.6 Å². The molecule has 196 valence electrons. The van der Waals surface area contributed by atoms with Crippen LogP contribution >= 0.6 is 11.6 Å². The Morgan fingerprint density at radius 3 is 2.74 bits per heavy atom. The van der Waals surface area contributed by atoms with Crippen molar-refractivity contribution in [2.24, 2.45) is 5.92 Å². The molecule has 3 aromatic rings. The maximum absolute atomic E-state index is 9.97. The fourth-order valence-electron chi connectivity index (χ4n) is 5.66. The van der Waals surface area contributed by atoms with Gasteiger partial charge in [-0.1, -0.05) is 11.6 Å². The highest BCUT2D eigenvalue weighted by molar-refractivity contribution is 6.36. The molecule has 0 amide bonds. The van der Waals surface area contributed by atoms with Crippen LogP contribution in [0.2, 0.25) is 5.02 Å². The standard InChI is InChI=1S/C26H29ClN10O/c1-15(38)13-35-6-4-17-5-7-36(14-22(17)35)21-9-16(10-28)8-20(23(21)27)32-26-33-24(31-18-2-3-18)25-30-12-19(11-29)37(25)34-26/h8-9,12,15,17-18,22,38H,2-7,13-14H2,1H3,(H2,31,32,33,34). The van der Waals surface area contributed by atoms with Crippen molar-refractivity contribution in [1.82, 2.24) is 24.5 Å². The van der Waals surface area contributed by atoms with Gasteiger partial charge in [0.25, 0.3) is 0 Å². The van der Waals surface area contributed by atoms with Crippen LogP contribution in [0.4, 0.5) is 23.1 Å². The number of hydrogen-bond donors (Lipinski definition) is 3. The first-order chi connectivity index (χ1) is 18.4. The van der Waals surface area contributed by atoms with E-state index in [0.29, 0.717) is 58.0 Å². The van der Waals surface area contributed by atoms with E-state index in [1.165, 1.54) is 10.7 Å². The Labute approximate surface area is 225 Å². The molecule has 3 unspecified atom stereocenters. The van der Waals surface area contributed by atoms with Crippen LogP contribution in [-0.4, -0.2) is 74.0 Å². The summed E-state index contributed by atoms with van der Waals surface area (Å²) in [5.74, 6) is 1.39. The summed E-state index contributed by atoms with van der Waals surface area (Å²) in [6.07, 6.45) is 5.37. The molecular formula is C26H29ClN10O. The second kappa shape index (κ2) is 9.91. The number of anilines is 4. The molecule has 12 heteroatoms. The summed E-state index contributed by atoms with van der Waals surface area (Å²) >= 11 is 6.96. The summed E-state index contributed by atoms with van der Waals surface area (Å²) in [7, 11) is 0. The van der Waals surface area contributed by atoms with Crippen LogP contribution in [0.5, 0.6) is 0 Å². The van der Waals surface area contributed by atoms with Crippen LogP contribution < -0.4 is 15.5 Å². The van der Waals surface area contributed by atoms with E-state index < -0.39 is 0 Å². The van der Waals surface area contributed by atoms with E-state index in [-0.39, 0.29) is 12.1 Å². The van der Waals surface area contributed by atoms with Crippen molar-refractivity contribution in [2.45, 2.75) is 50.8 Å². The number of nitriles is 2. The van der Waals surface area contributed by atoms with E-state index in [1.807, 2.05) is 13.0 Å². The number of likely N-dealkylation sites (tertiary alicyclic amines) is 1. The topological polar surface area (TPSA) is 141 Å². The van der Waals surface area contributed by atoms with Gasteiger partial charge in [-0.2, -0.15) is 20.0 Å². The first kappa shape index (κ1) is 24.7. The second-order valence-electron chi connectivity index (χ2n) is 10.5. The predicted molar refractivity (Wildman–Crippen MR) is 144 cm³/mol. The zero-order chi connectivity index (χ0) is 26.4. The van der Waals surface area contributed by atoms with Crippen molar-refractivity contribution in [3.63, 3.8) is 0 Å². The minimum absolute atomic E-state index is 0.246. The van der Waals surface area contributed by atoms with Crippen molar-refractivity contribution >= 4 is 40.4 Å². The molecule has 0 bridgehead atoms. The van der Waals surface area contributed by atoms with E-state index in [9.17, 15) is 15.6 Å². The third kappa shape index (κ3) is 4.69. The molecule has 11 nitrogen and oxygen atoms in total. The van der Waals surface area contributed by atoms with Crippen LogP contribution in [0.15, 0.2) is 18.3 Å². The molecule has 1 aliphatic carbocycles. The average molecular weight is 533 g/mol. The van der Waals surface area contributed by atoms with E-state index >= 15 is 0 Å². The normalized spacial score (nSPS) is 22.1. The molecule has 6 rings (SSSR count). The van der Waals surface area contributed by atoms with Gasteiger partial charge in [0.2, 0.25) is 5.95 Å². The summed E-state index contributed by atoms with van der Waals surface area (Å²) in [5, 5.41) is 40.8. The molecule has 3 atom stereocenters. The molecule has 1 saturated carbocycles. The lowest BCUT2D eigenvalue weighted by atomic mass is 9.91. The number of aliphatic hydroxyl groups is 1. The summed E-state index contributed by atoms with van der Waals surface area (Å²) in [6.45, 7) is 5.10. The maximum atomic E-state index is 9.97. The van der Waals surface area contributed by atoms with Crippen LogP contribution in [-0.2, 0) is 0 Å². The van der Waals surface area contributed by atoms with Gasteiger partial charge in [0, 0.05) is 31.7 Å². The molecule has 1 aromatic carbocycles. The van der Waals surface area contributed by atoms with Gasteiger partial charge >= 0.3 is 0 Å². The van der Waals surface area contributed by atoms with Crippen molar-refractivity contribution in [3.05, 3.63) is 34.6 Å². The Kier molecular flexibility index (Phi) is 6.44. The Bertz CT molecular complexity index is 1450. The molecule has 3 aliphatic rings. The smallest absolute Gasteiger partial charge is 0.247 e. The number of aromatic nitrogens is 4. The molecule has 3 N–H and O–H groups in total. The number of fused-ring (bicyclic) bond motifs is 2. The molecule has 4 heterocycles. The first-order valence-electron chi connectivity index (χ1n) is 13.0. The third-order valence-electron chi connectivity index (χ3n) is 7.64. The number of β-amino-alcohol motifs (C(OH)–C–C–N with tert-alkyl or cyclic N) is 1. The van der Waals surface area contributed by atoms with Gasteiger partial charge in [-0.15, -0.1) is 5.10 Å². The Hall–Kier alpha value is -3.64. The molecule has 3 fully saturated rings. The molecule has 2 saturated heterocycles.